The zero-order valence-corrected chi connectivity index (χ0v) is 14.4. The van der Waals surface area contributed by atoms with Crippen molar-refractivity contribution >= 4 is 23.6 Å². The van der Waals surface area contributed by atoms with Crippen LogP contribution in [0.15, 0.2) is 73.1 Å². The summed E-state index contributed by atoms with van der Waals surface area (Å²) in [4.78, 5) is 47.1. The minimum atomic E-state index is -0.801. The summed E-state index contributed by atoms with van der Waals surface area (Å²) in [7, 11) is 1.18. The van der Waals surface area contributed by atoms with Gasteiger partial charge in [0.2, 0.25) is 0 Å². The molecule has 7 heteroatoms. The number of anilines is 1. The summed E-state index contributed by atoms with van der Waals surface area (Å²) in [5, 5.41) is 0. The molecule has 0 atom stereocenters. The van der Waals surface area contributed by atoms with E-state index in [4.69, 9.17) is 4.74 Å². The molecule has 0 radical (unpaired) electrons. The third kappa shape index (κ3) is 3.72. The van der Waals surface area contributed by atoms with Crippen molar-refractivity contribution in [3.63, 3.8) is 0 Å². The Morgan fingerprint density at radius 1 is 0.778 bits per heavy atom. The monoisotopic (exact) mass is 361 g/mol. The molecule has 0 saturated carbocycles. The number of carbonyl (C=O) groups excluding carboxylic acids is 3. The minimum Gasteiger partial charge on any atom is -0.464 e. The van der Waals surface area contributed by atoms with Crippen LogP contribution >= 0.6 is 0 Å². The van der Waals surface area contributed by atoms with Crippen LogP contribution in [0.25, 0.3) is 0 Å². The zero-order valence-electron chi connectivity index (χ0n) is 14.4. The molecule has 0 aliphatic heterocycles. The topological polar surface area (TPSA) is 89.5 Å². The molecule has 0 fully saturated rings. The lowest BCUT2D eigenvalue weighted by molar-refractivity contribution is 0.0594. The summed E-state index contributed by atoms with van der Waals surface area (Å²) >= 11 is 0. The van der Waals surface area contributed by atoms with E-state index in [1.807, 2.05) is 0 Å². The van der Waals surface area contributed by atoms with Crippen LogP contribution in [0.2, 0.25) is 0 Å². The first-order valence-corrected chi connectivity index (χ1v) is 8.01. The summed E-state index contributed by atoms with van der Waals surface area (Å²) in [6, 6.07) is 16.5. The molecule has 0 aliphatic carbocycles. The molecule has 0 aliphatic rings. The molecule has 2 aromatic carbocycles. The highest BCUT2D eigenvalue weighted by molar-refractivity contribution is 6.26. The largest absolute Gasteiger partial charge is 0.464 e. The van der Waals surface area contributed by atoms with Crippen LogP contribution in [0, 0.1) is 0 Å². The molecule has 134 valence electrons. The third-order valence-corrected chi connectivity index (χ3v) is 3.72. The maximum Gasteiger partial charge on any atom is 0.360 e. The number of esters is 1. The average Bonchev–Trinajstić information content (AvgIpc) is 2.74. The van der Waals surface area contributed by atoms with Crippen LogP contribution in [0.5, 0.6) is 0 Å². The van der Waals surface area contributed by atoms with E-state index < -0.39 is 17.8 Å². The van der Waals surface area contributed by atoms with Gasteiger partial charge in [-0.3, -0.25) is 9.59 Å². The second-order valence-electron chi connectivity index (χ2n) is 5.40. The quantitative estimate of drug-likeness (QED) is 0.524. The first-order valence-electron chi connectivity index (χ1n) is 8.01. The third-order valence-electron chi connectivity index (χ3n) is 3.72. The van der Waals surface area contributed by atoms with Gasteiger partial charge in [-0.15, -0.1) is 0 Å². The Hall–Kier alpha value is -3.87. The maximum atomic E-state index is 13.1. The van der Waals surface area contributed by atoms with E-state index in [1.54, 1.807) is 60.7 Å². The van der Waals surface area contributed by atoms with Crippen molar-refractivity contribution in [3.05, 3.63) is 89.9 Å². The van der Waals surface area contributed by atoms with Crippen molar-refractivity contribution in [1.29, 1.82) is 0 Å². The lowest BCUT2D eigenvalue weighted by atomic mass is 10.1. The van der Waals surface area contributed by atoms with Crippen molar-refractivity contribution in [2.45, 2.75) is 0 Å². The number of hydrogen-bond acceptors (Lipinski definition) is 6. The Balaban J connectivity index is 2.16. The van der Waals surface area contributed by atoms with Crippen LogP contribution < -0.4 is 4.90 Å². The minimum absolute atomic E-state index is 0.188. The standard InChI is InChI=1S/C20H15N3O4/c1-27-20(26)16-17(22-13-12-21-16)23(18(24)14-8-4-2-5-9-14)19(25)15-10-6-3-7-11-15/h2-13H,1H3. The summed E-state index contributed by atoms with van der Waals surface area (Å²) in [6.07, 6.45) is 2.58. The lowest BCUT2D eigenvalue weighted by Gasteiger charge is -2.21. The van der Waals surface area contributed by atoms with E-state index in [1.165, 1.54) is 19.5 Å². The van der Waals surface area contributed by atoms with Crippen LogP contribution in [-0.2, 0) is 4.74 Å². The van der Waals surface area contributed by atoms with E-state index in [9.17, 15) is 14.4 Å². The van der Waals surface area contributed by atoms with Gasteiger partial charge in [0.15, 0.2) is 11.5 Å². The predicted molar refractivity (Wildman–Crippen MR) is 97.4 cm³/mol. The van der Waals surface area contributed by atoms with Crippen molar-refractivity contribution in [2.24, 2.45) is 0 Å². The first-order chi connectivity index (χ1) is 13.1. The fourth-order valence-electron chi connectivity index (χ4n) is 2.44. The van der Waals surface area contributed by atoms with Gasteiger partial charge in [-0.25, -0.2) is 19.7 Å². The van der Waals surface area contributed by atoms with Gasteiger partial charge in [-0.05, 0) is 24.3 Å². The second-order valence-corrected chi connectivity index (χ2v) is 5.40. The molecule has 1 aromatic heterocycles. The van der Waals surface area contributed by atoms with Crippen molar-refractivity contribution in [3.8, 4) is 0 Å². The van der Waals surface area contributed by atoms with Crippen LogP contribution in [0.1, 0.15) is 31.2 Å². The van der Waals surface area contributed by atoms with E-state index in [0.717, 1.165) is 4.90 Å². The van der Waals surface area contributed by atoms with Crippen LogP contribution in [0.4, 0.5) is 5.82 Å². The van der Waals surface area contributed by atoms with Gasteiger partial charge in [0.05, 0.1) is 7.11 Å². The summed E-state index contributed by atoms with van der Waals surface area (Å²) in [5.41, 5.74) is 0.306. The molecule has 0 unspecified atom stereocenters. The number of amides is 2. The SMILES string of the molecule is COC(=O)c1nccnc1N(C(=O)c1ccccc1)C(=O)c1ccccc1. The number of rotatable bonds is 4. The fraction of sp³-hybridized carbons (Fsp3) is 0.0500. The van der Waals surface area contributed by atoms with Gasteiger partial charge in [-0.1, -0.05) is 36.4 Å². The molecule has 0 spiro atoms. The van der Waals surface area contributed by atoms with Gasteiger partial charge in [0.25, 0.3) is 11.8 Å². The molecule has 0 saturated heterocycles. The van der Waals surface area contributed by atoms with E-state index in [-0.39, 0.29) is 22.6 Å². The van der Waals surface area contributed by atoms with Gasteiger partial charge in [0, 0.05) is 23.5 Å². The number of benzene rings is 2. The predicted octanol–water partition coefficient (Wildman–Crippen LogP) is 2.75. The van der Waals surface area contributed by atoms with E-state index in [2.05, 4.69) is 9.97 Å². The number of methoxy groups -OCH3 is 1. The molecule has 27 heavy (non-hydrogen) atoms. The van der Waals surface area contributed by atoms with Crippen molar-refractivity contribution in [1.82, 2.24) is 9.97 Å². The van der Waals surface area contributed by atoms with Crippen molar-refractivity contribution < 1.29 is 19.1 Å². The first kappa shape index (κ1) is 17.9. The molecule has 2 amide bonds. The number of imide groups is 1. The smallest absolute Gasteiger partial charge is 0.360 e. The summed E-state index contributed by atoms with van der Waals surface area (Å²) < 4.78 is 4.71. The highest BCUT2D eigenvalue weighted by Crippen LogP contribution is 2.21. The zero-order chi connectivity index (χ0) is 19.2. The number of nitrogens with zero attached hydrogens (tertiary/aromatic N) is 3. The molecule has 0 bridgehead atoms. The Bertz CT molecular complexity index is 923. The summed E-state index contributed by atoms with van der Waals surface area (Å²) in [5.74, 6) is -2.25. The number of ether oxygens (including phenoxy) is 1. The Labute approximate surface area is 155 Å². The van der Waals surface area contributed by atoms with E-state index in [0.29, 0.717) is 0 Å². The Kier molecular flexibility index (Phi) is 5.32. The maximum absolute atomic E-state index is 13.1. The molecular weight excluding hydrogens is 346 g/mol. The normalized spacial score (nSPS) is 10.1. The molecule has 3 aromatic rings. The molecule has 1 heterocycles. The fourth-order valence-corrected chi connectivity index (χ4v) is 2.44. The molecule has 0 N–H and O–H groups in total. The van der Waals surface area contributed by atoms with E-state index >= 15 is 0 Å². The number of carbonyl (C=O) groups is 3. The molecule has 3 rings (SSSR count). The number of hydrogen-bond donors (Lipinski definition) is 0. The molecular formula is C20H15N3O4. The van der Waals surface area contributed by atoms with Crippen LogP contribution in [-0.4, -0.2) is 34.9 Å². The highest BCUT2D eigenvalue weighted by atomic mass is 16.5. The van der Waals surface area contributed by atoms with Gasteiger partial charge >= 0.3 is 5.97 Å². The Morgan fingerprint density at radius 2 is 1.26 bits per heavy atom. The van der Waals surface area contributed by atoms with Crippen molar-refractivity contribution in [2.75, 3.05) is 12.0 Å². The highest BCUT2D eigenvalue weighted by Gasteiger charge is 2.31. The number of aromatic nitrogens is 2. The molecule has 7 nitrogen and oxygen atoms in total. The lowest BCUT2D eigenvalue weighted by Crippen LogP contribution is -2.39. The van der Waals surface area contributed by atoms with Crippen LogP contribution in [0.3, 0.4) is 0 Å². The van der Waals surface area contributed by atoms with Gasteiger partial charge in [0.1, 0.15) is 0 Å². The average molecular weight is 361 g/mol. The Morgan fingerprint density at radius 3 is 1.74 bits per heavy atom. The van der Waals surface area contributed by atoms with Gasteiger partial charge in [-0.2, -0.15) is 0 Å². The summed E-state index contributed by atoms with van der Waals surface area (Å²) in [6.45, 7) is 0. The van der Waals surface area contributed by atoms with Gasteiger partial charge < -0.3 is 4.74 Å². The second kappa shape index (κ2) is 8.01.